The molecule has 4 heteroatoms. The van der Waals surface area contributed by atoms with E-state index in [0.29, 0.717) is 11.9 Å². The summed E-state index contributed by atoms with van der Waals surface area (Å²) in [5.74, 6) is 4.84. The van der Waals surface area contributed by atoms with Gasteiger partial charge in [0.15, 0.2) is 0 Å². The van der Waals surface area contributed by atoms with Crippen molar-refractivity contribution in [1.29, 1.82) is 0 Å². The van der Waals surface area contributed by atoms with Crippen LogP contribution in [0.4, 0.5) is 0 Å². The maximum absolute atomic E-state index is 8.22. The number of aliphatic hydroxyl groups excluding tert-OH is 2. The molecule has 0 aromatic rings. The highest BCUT2D eigenvalue weighted by molar-refractivity contribution is 9.09. The molecule has 0 bridgehead atoms. The van der Waals surface area contributed by atoms with Gasteiger partial charge >= 0.3 is 0 Å². The summed E-state index contributed by atoms with van der Waals surface area (Å²) >= 11 is 3.01. The summed E-state index contributed by atoms with van der Waals surface area (Å²) in [5.41, 5.74) is 4.78. The summed E-state index contributed by atoms with van der Waals surface area (Å²) in [6.07, 6.45) is 12.2. The van der Waals surface area contributed by atoms with Crippen LogP contribution in [-0.2, 0) is 0 Å². The van der Waals surface area contributed by atoms with Gasteiger partial charge in [-0.15, -0.1) is 18.8 Å². The topological polar surface area (TPSA) is 66.5 Å². The van der Waals surface area contributed by atoms with E-state index in [1.807, 2.05) is 0 Å². The fourth-order valence-electron chi connectivity index (χ4n) is 0.339. The minimum atomic E-state index is 0.0972. The summed E-state index contributed by atoms with van der Waals surface area (Å²) in [4.78, 5) is 0. The third-order valence-corrected chi connectivity index (χ3v) is 1.26. The number of rotatable bonds is 4. The highest BCUT2D eigenvalue weighted by atomic mass is 79.9. The van der Waals surface area contributed by atoms with Crippen LogP contribution in [0.15, 0.2) is 0 Å². The van der Waals surface area contributed by atoms with E-state index < -0.39 is 0 Å². The Morgan fingerprint density at radius 1 is 1.07 bits per heavy atom. The number of nitrogens with two attached hydrogens (primary N) is 1. The van der Waals surface area contributed by atoms with Gasteiger partial charge in [-0.25, -0.2) is 0 Å². The maximum Gasteiger partial charge on any atom is 0.0642 e. The van der Waals surface area contributed by atoms with Crippen molar-refractivity contribution in [3.8, 4) is 24.7 Å². The summed E-state index contributed by atoms with van der Waals surface area (Å²) < 4.78 is 0. The van der Waals surface area contributed by atoms with Crippen molar-refractivity contribution >= 4 is 15.9 Å². The second-order valence-electron chi connectivity index (χ2n) is 2.23. The van der Waals surface area contributed by atoms with Crippen molar-refractivity contribution in [3.05, 3.63) is 0 Å². The summed E-state index contributed by atoms with van der Waals surface area (Å²) in [6.45, 7) is 0.738. The lowest BCUT2D eigenvalue weighted by Gasteiger charge is -1.85. The molecule has 0 aromatic heterocycles. The van der Waals surface area contributed by atoms with E-state index in [1.165, 1.54) is 0 Å². The molecule has 15 heavy (non-hydrogen) atoms. The number of alkyl halides is 1. The third kappa shape index (κ3) is 59.2. The molecule has 0 saturated heterocycles. The van der Waals surface area contributed by atoms with Crippen LogP contribution in [-0.4, -0.2) is 35.3 Å². The van der Waals surface area contributed by atoms with Gasteiger partial charge in [-0.3, -0.25) is 0 Å². The lowest BCUT2D eigenvalue weighted by atomic mass is 10.2. The Balaban J connectivity index is -0.000000155. The number of terminal acetylenes is 2. The zero-order valence-corrected chi connectivity index (χ0v) is 10.5. The van der Waals surface area contributed by atoms with E-state index in [2.05, 4.69) is 27.8 Å². The largest absolute Gasteiger partial charge is 0.396 e. The molecule has 0 atom stereocenters. The van der Waals surface area contributed by atoms with Gasteiger partial charge in [-0.2, -0.15) is 0 Å². The molecule has 0 aliphatic rings. The van der Waals surface area contributed by atoms with Gasteiger partial charge in [0.2, 0.25) is 0 Å². The highest BCUT2D eigenvalue weighted by Gasteiger charge is 1.78. The Morgan fingerprint density at radius 2 is 1.53 bits per heavy atom. The maximum atomic E-state index is 8.22. The standard InChI is InChI=1S/C6H10O.C3H3Br.C2H7NO/c1-2-3-4-5-6-7;1-2-3-4;3-1-2-4/h1,7H,3-6H2;1H,3H2;4H,1-3H2. The Morgan fingerprint density at radius 3 is 1.73 bits per heavy atom. The van der Waals surface area contributed by atoms with E-state index in [4.69, 9.17) is 28.8 Å². The van der Waals surface area contributed by atoms with Crippen LogP contribution in [0, 0.1) is 24.7 Å². The van der Waals surface area contributed by atoms with Crippen LogP contribution < -0.4 is 5.73 Å². The predicted octanol–water partition coefficient (Wildman–Crippen LogP) is 0.734. The van der Waals surface area contributed by atoms with Gasteiger partial charge in [-0.1, -0.05) is 21.9 Å². The summed E-state index contributed by atoms with van der Waals surface area (Å²) in [6, 6.07) is 0. The molecule has 3 nitrogen and oxygen atoms in total. The summed E-state index contributed by atoms with van der Waals surface area (Å²) in [5, 5.41) is 16.6. The van der Waals surface area contributed by atoms with Crippen LogP contribution in [0.1, 0.15) is 19.3 Å². The van der Waals surface area contributed by atoms with Crippen LogP contribution >= 0.6 is 15.9 Å². The fourth-order valence-corrected chi connectivity index (χ4v) is 0.339. The fraction of sp³-hybridized carbons (Fsp3) is 0.636. The molecule has 0 fully saturated rings. The molecular weight excluding hydrogens is 258 g/mol. The first-order chi connectivity index (χ1) is 7.24. The van der Waals surface area contributed by atoms with Gasteiger partial charge in [-0.05, 0) is 12.8 Å². The number of unbranched alkanes of at least 4 members (excludes halogenated alkanes) is 2. The molecular formula is C11H20BrNO2. The average Bonchev–Trinajstić information content (AvgIpc) is 2.30. The molecule has 0 heterocycles. The molecule has 0 aromatic carbocycles. The van der Waals surface area contributed by atoms with Gasteiger partial charge < -0.3 is 15.9 Å². The smallest absolute Gasteiger partial charge is 0.0642 e. The molecule has 0 rings (SSSR count). The summed E-state index contributed by atoms with van der Waals surface area (Å²) in [7, 11) is 0. The van der Waals surface area contributed by atoms with Crippen molar-refractivity contribution in [2.24, 2.45) is 5.73 Å². The van der Waals surface area contributed by atoms with Crippen molar-refractivity contribution in [2.45, 2.75) is 19.3 Å². The van der Waals surface area contributed by atoms with Gasteiger partial charge in [0.05, 0.1) is 11.9 Å². The van der Waals surface area contributed by atoms with E-state index in [9.17, 15) is 0 Å². The Kier molecular flexibility index (Phi) is 38.9. The SMILES string of the molecule is C#CCBr.C#CCCCCO.NCCO. The number of hydrogen-bond donors (Lipinski definition) is 3. The van der Waals surface area contributed by atoms with Crippen LogP contribution in [0.5, 0.6) is 0 Å². The molecule has 4 N–H and O–H groups in total. The lowest BCUT2D eigenvalue weighted by Crippen LogP contribution is -2.02. The second-order valence-corrected chi connectivity index (χ2v) is 2.80. The lowest BCUT2D eigenvalue weighted by molar-refractivity contribution is 0.285. The van der Waals surface area contributed by atoms with E-state index in [-0.39, 0.29) is 13.2 Å². The van der Waals surface area contributed by atoms with Crippen LogP contribution in [0.2, 0.25) is 0 Å². The zero-order chi connectivity index (χ0) is 12.4. The molecule has 88 valence electrons. The van der Waals surface area contributed by atoms with Gasteiger partial charge in [0.25, 0.3) is 0 Å². The predicted molar refractivity (Wildman–Crippen MR) is 68.5 cm³/mol. The van der Waals surface area contributed by atoms with Crippen LogP contribution in [0.25, 0.3) is 0 Å². The average molecular weight is 278 g/mol. The molecule has 0 unspecified atom stereocenters. The minimum Gasteiger partial charge on any atom is -0.396 e. The molecule has 0 aliphatic carbocycles. The molecule has 0 spiro atoms. The monoisotopic (exact) mass is 277 g/mol. The Labute approximate surface area is 101 Å². The first-order valence-corrected chi connectivity index (χ1v) is 5.71. The molecule has 0 radical (unpaired) electrons. The number of aliphatic hydroxyl groups is 2. The Bertz CT molecular complexity index is 159. The second kappa shape index (κ2) is 29.2. The third-order valence-electron chi connectivity index (χ3n) is 0.935. The quantitative estimate of drug-likeness (QED) is 0.403. The minimum absolute atomic E-state index is 0.0972. The van der Waals surface area contributed by atoms with E-state index >= 15 is 0 Å². The van der Waals surface area contributed by atoms with Gasteiger partial charge in [0, 0.05) is 19.6 Å². The van der Waals surface area contributed by atoms with Crippen molar-refractivity contribution in [1.82, 2.24) is 0 Å². The van der Waals surface area contributed by atoms with Gasteiger partial charge in [0.1, 0.15) is 0 Å². The van der Waals surface area contributed by atoms with Crippen molar-refractivity contribution < 1.29 is 10.2 Å². The molecule has 0 amide bonds. The number of hydrogen-bond acceptors (Lipinski definition) is 3. The number of halogens is 1. The zero-order valence-electron chi connectivity index (χ0n) is 8.95. The van der Waals surface area contributed by atoms with Crippen LogP contribution in [0.3, 0.4) is 0 Å². The highest BCUT2D eigenvalue weighted by Crippen LogP contribution is 1.89. The first kappa shape index (κ1) is 20.0. The van der Waals surface area contributed by atoms with Crippen molar-refractivity contribution in [2.75, 3.05) is 25.1 Å². The molecule has 0 saturated carbocycles. The normalized spacial score (nSPS) is 7.07. The Hall–Kier alpha value is -0.520. The van der Waals surface area contributed by atoms with E-state index in [1.54, 1.807) is 0 Å². The van der Waals surface area contributed by atoms with E-state index in [0.717, 1.165) is 19.3 Å². The van der Waals surface area contributed by atoms with Crippen molar-refractivity contribution in [3.63, 3.8) is 0 Å². The first-order valence-electron chi connectivity index (χ1n) is 4.59. The molecule has 0 aliphatic heterocycles.